The second-order valence-electron chi connectivity index (χ2n) is 7.57. The van der Waals surface area contributed by atoms with E-state index in [1.54, 1.807) is 20.8 Å². The first-order valence-electron chi connectivity index (χ1n) is 9.42. The number of carbonyl (C=O) groups is 3. The summed E-state index contributed by atoms with van der Waals surface area (Å²) in [5, 5.41) is 0. The minimum Gasteiger partial charge on any atom is -0.458 e. The first-order valence-corrected chi connectivity index (χ1v) is 9.42. The number of likely N-dealkylation sites (N-methyl/N-ethyl adjacent to an activating group) is 1. The molecule has 1 aromatic carbocycles. The minimum absolute atomic E-state index is 0.0950. The third kappa shape index (κ3) is 7.98. The molecule has 0 fully saturated rings. The Labute approximate surface area is 166 Å². The van der Waals surface area contributed by atoms with E-state index in [-0.39, 0.29) is 6.61 Å². The van der Waals surface area contributed by atoms with Crippen molar-refractivity contribution in [3.05, 3.63) is 35.9 Å². The van der Waals surface area contributed by atoms with Gasteiger partial charge in [0.2, 0.25) is 0 Å². The number of esters is 2. The molecule has 0 saturated carbocycles. The van der Waals surface area contributed by atoms with E-state index < -0.39 is 35.8 Å². The van der Waals surface area contributed by atoms with Crippen LogP contribution in [0.25, 0.3) is 0 Å². The van der Waals surface area contributed by atoms with Gasteiger partial charge in [-0.2, -0.15) is 0 Å². The zero-order valence-corrected chi connectivity index (χ0v) is 17.6. The van der Waals surface area contributed by atoms with Crippen LogP contribution in [0.1, 0.15) is 53.0 Å². The van der Waals surface area contributed by atoms with Crippen molar-refractivity contribution >= 4 is 18.0 Å². The molecule has 7 nitrogen and oxygen atoms in total. The van der Waals surface area contributed by atoms with E-state index in [4.69, 9.17) is 14.2 Å². The Morgan fingerprint density at radius 3 is 2.21 bits per heavy atom. The van der Waals surface area contributed by atoms with E-state index in [0.29, 0.717) is 12.8 Å². The molecule has 0 aliphatic heterocycles. The van der Waals surface area contributed by atoms with Crippen molar-refractivity contribution < 1.29 is 28.6 Å². The van der Waals surface area contributed by atoms with Crippen LogP contribution in [-0.2, 0) is 30.4 Å². The Morgan fingerprint density at radius 1 is 1.07 bits per heavy atom. The molecule has 0 spiro atoms. The van der Waals surface area contributed by atoms with Gasteiger partial charge in [0.15, 0.2) is 6.10 Å². The molecule has 156 valence electrons. The molecule has 0 saturated heterocycles. The van der Waals surface area contributed by atoms with E-state index in [1.807, 2.05) is 37.3 Å². The van der Waals surface area contributed by atoms with Gasteiger partial charge in [-0.05, 0) is 39.7 Å². The molecule has 28 heavy (non-hydrogen) atoms. The van der Waals surface area contributed by atoms with Crippen LogP contribution in [0.5, 0.6) is 0 Å². The summed E-state index contributed by atoms with van der Waals surface area (Å²) in [6.07, 6.45) is -0.662. The molecule has 0 radical (unpaired) electrons. The maximum Gasteiger partial charge on any atom is 0.410 e. The molecule has 0 N–H and O–H groups in total. The average molecular weight is 393 g/mol. The summed E-state index contributed by atoms with van der Waals surface area (Å²) in [4.78, 5) is 38.1. The van der Waals surface area contributed by atoms with E-state index >= 15 is 0 Å². The summed E-state index contributed by atoms with van der Waals surface area (Å²) in [5.41, 5.74) is 0.156. The van der Waals surface area contributed by atoms with Crippen molar-refractivity contribution in [2.45, 2.75) is 71.8 Å². The monoisotopic (exact) mass is 393 g/mol. The maximum atomic E-state index is 12.6. The maximum absolute atomic E-state index is 12.6. The third-order valence-corrected chi connectivity index (χ3v) is 3.83. The normalized spacial score (nSPS) is 13.2. The first kappa shape index (κ1) is 23.5. The van der Waals surface area contributed by atoms with Crippen LogP contribution in [-0.4, -0.2) is 47.7 Å². The Balaban J connectivity index is 2.66. The molecule has 0 heterocycles. The zero-order valence-electron chi connectivity index (χ0n) is 17.6. The number of hydrogen-bond acceptors (Lipinski definition) is 6. The van der Waals surface area contributed by atoms with Gasteiger partial charge in [-0.25, -0.2) is 14.4 Å². The predicted octanol–water partition coefficient (Wildman–Crippen LogP) is 3.70. The minimum atomic E-state index is -1.08. The molecular weight excluding hydrogens is 362 g/mol. The molecule has 0 aliphatic rings. The van der Waals surface area contributed by atoms with Crippen molar-refractivity contribution in [1.82, 2.24) is 4.90 Å². The average Bonchev–Trinajstić information content (AvgIpc) is 2.62. The van der Waals surface area contributed by atoms with E-state index in [9.17, 15) is 14.4 Å². The number of nitrogens with zero attached hydrogens (tertiary/aromatic N) is 1. The lowest BCUT2D eigenvalue weighted by molar-refractivity contribution is -0.170. The van der Waals surface area contributed by atoms with Crippen LogP contribution in [0.2, 0.25) is 0 Å². The molecule has 7 heteroatoms. The fourth-order valence-electron chi connectivity index (χ4n) is 2.35. The Bertz CT molecular complexity index is 653. The highest BCUT2D eigenvalue weighted by Gasteiger charge is 2.32. The van der Waals surface area contributed by atoms with Gasteiger partial charge in [-0.1, -0.05) is 43.7 Å². The molecule has 0 aromatic heterocycles. The van der Waals surface area contributed by atoms with Crippen LogP contribution >= 0.6 is 0 Å². The molecule has 1 rings (SSSR count). The molecule has 0 unspecified atom stereocenters. The summed E-state index contributed by atoms with van der Waals surface area (Å²) in [5.74, 6) is -1.31. The Hall–Kier alpha value is -2.57. The summed E-state index contributed by atoms with van der Waals surface area (Å²) in [7, 11) is 1.48. The molecule has 0 bridgehead atoms. The van der Waals surface area contributed by atoms with Crippen molar-refractivity contribution in [3.63, 3.8) is 0 Å². The number of ether oxygens (including phenoxy) is 3. The SMILES string of the molecule is CCC[C@@H](C(=O)O[C@H](C)C(=O)OCc1ccccc1)N(C)C(=O)OC(C)(C)C. The predicted molar refractivity (Wildman–Crippen MR) is 104 cm³/mol. The fraction of sp³-hybridized carbons (Fsp3) is 0.571. The molecular formula is C21H31NO6. The van der Waals surface area contributed by atoms with Crippen molar-refractivity contribution in [3.8, 4) is 0 Å². The summed E-state index contributed by atoms with van der Waals surface area (Å²) < 4.78 is 15.7. The lowest BCUT2D eigenvalue weighted by Crippen LogP contribution is -2.46. The van der Waals surface area contributed by atoms with Gasteiger partial charge in [0.1, 0.15) is 18.2 Å². The molecule has 1 aromatic rings. The second kappa shape index (κ2) is 10.7. The van der Waals surface area contributed by atoms with Crippen LogP contribution in [0, 0.1) is 0 Å². The van der Waals surface area contributed by atoms with Crippen LogP contribution < -0.4 is 0 Å². The fourth-order valence-corrected chi connectivity index (χ4v) is 2.35. The van der Waals surface area contributed by atoms with Crippen molar-refractivity contribution in [2.75, 3.05) is 7.05 Å². The lowest BCUT2D eigenvalue weighted by Gasteiger charge is -2.29. The van der Waals surface area contributed by atoms with E-state index in [2.05, 4.69) is 0 Å². The highest BCUT2D eigenvalue weighted by atomic mass is 16.6. The van der Waals surface area contributed by atoms with Gasteiger partial charge in [0, 0.05) is 7.05 Å². The summed E-state index contributed by atoms with van der Waals surface area (Å²) >= 11 is 0. The van der Waals surface area contributed by atoms with Crippen LogP contribution in [0.4, 0.5) is 4.79 Å². The van der Waals surface area contributed by atoms with E-state index in [0.717, 1.165) is 5.56 Å². The Morgan fingerprint density at radius 2 is 1.68 bits per heavy atom. The second-order valence-corrected chi connectivity index (χ2v) is 7.57. The smallest absolute Gasteiger partial charge is 0.410 e. The van der Waals surface area contributed by atoms with Crippen LogP contribution in [0.15, 0.2) is 30.3 Å². The van der Waals surface area contributed by atoms with E-state index in [1.165, 1.54) is 18.9 Å². The lowest BCUT2D eigenvalue weighted by atomic mass is 10.1. The van der Waals surface area contributed by atoms with Gasteiger partial charge >= 0.3 is 18.0 Å². The standard InChI is InChI=1S/C21H31NO6/c1-7-11-17(22(6)20(25)28-21(3,4)5)19(24)27-15(2)18(23)26-14-16-12-9-8-10-13-16/h8-10,12-13,15,17H,7,11,14H2,1-6H3/t15-,17+/m1/s1. The van der Waals surface area contributed by atoms with Crippen molar-refractivity contribution in [1.29, 1.82) is 0 Å². The number of carbonyl (C=O) groups excluding carboxylic acids is 3. The first-order chi connectivity index (χ1) is 13.0. The number of rotatable bonds is 8. The third-order valence-electron chi connectivity index (χ3n) is 3.83. The van der Waals surface area contributed by atoms with Crippen molar-refractivity contribution in [2.24, 2.45) is 0 Å². The quantitative estimate of drug-likeness (QED) is 0.495. The zero-order chi connectivity index (χ0) is 21.3. The molecule has 2 atom stereocenters. The number of amides is 1. The Kier molecular flexibility index (Phi) is 8.96. The number of hydrogen-bond donors (Lipinski definition) is 0. The summed E-state index contributed by atoms with van der Waals surface area (Å²) in [6, 6.07) is 8.37. The highest BCUT2D eigenvalue weighted by molar-refractivity contribution is 5.84. The van der Waals surface area contributed by atoms with Gasteiger partial charge in [-0.15, -0.1) is 0 Å². The van der Waals surface area contributed by atoms with Gasteiger partial charge < -0.3 is 14.2 Å². The number of benzene rings is 1. The largest absolute Gasteiger partial charge is 0.458 e. The van der Waals surface area contributed by atoms with Gasteiger partial charge in [-0.3, -0.25) is 4.90 Å². The summed E-state index contributed by atoms with van der Waals surface area (Å²) in [6.45, 7) is 8.67. The molecule has 1 amide bonds. The molecule has 0 aliphatic carbocycles. The van der Waals surface area contributed by atoms with Gasteiger partial charge in [0.25, 0.3) is 0 Å². The topological polar surface area (TPSA) is 82.1 Å². The van der Waals surface area contributed by atoms with Crippen LogP contribution in [0.3, 0.4) is 0 Å². The van der Waals surface area contributed by atoms with Gasteiger partial charge in [0.05, 0.1) is 0 Å². The highest BCUT2D eigenvalue weighted by Crippen LogP contribution is 2.15.